The van der Waals surface area contributed by atoms with Gasteiger partial charge in [0.05, 0.1) is 35.4 Å². The van der Waals surface area contributed by atoms with Crippen molar-refractivity contribution >= 4 is 10.8 Å². The Hall–Kier alpha value is -4.27. The van der Waals surface area contributed by atoms with Gasteiger partial charge in [0.15, 0.2) is 28.8 Å². The van der Waals surface area contributed by atoms with E-state index in [9.17, 15) is 36.6 Å². The van der Waals surface area contributed by atoms with E-state index in [2.05, 4.69) is 15.1 Å². The Labute approximate surface area is 227 Å². The zero-order valence-electron chi connectivity index (χ0n) is 21.8. The van der Waals surface area contributed by atoms with Gasteiger partial charge in [-0.15, -0.1) is 0 Å². The van der Waals surface area contributed by atoms with Gasteiger partial charge in [0.1, 0.15) is 6.17 Å². The number of hydrogen-bond donors (Lipinski definition) is 2. The number of ether oxygens (including phenoxy) is 1. The quantitative estimate of drug-likeness (QED) is 0.297. The van der Waals surface area contributed by atoms with Gasteiger partial charge in [-0.3, -0.25) is 9.59 Å². The van der Waals surface area contributed by atoms with Crippen LogP contribution in [-0.4, -0.2) is 42.1 Å². The SMILES string of the molecule is C[C@H](C[C@H](F)Cn1ccc2cc(-c3ncc(C(C)(C)O)cn3)c(F)c(F)c2c1=O)Oc1cn[nH]c(=O)c1C(F)(F)F. The lowest BCUT2D eigenvalue weighted by Crippen LogP contribution is -2.29. The Kier molecular flexibility index (Phi) is 7.94. The first-order chi connectivity index (χ1) is 19.1. The predicted molar refractivity (Wildman–Crippen MR) is 134 cm³/mol. The first-order valence-electron chi connectivity index (χ1n) is 12.1. The smallest absolute Gasteiger partial charge is 0.425 e. The number of aromatic nitrogens is 5. The van der Waals surface area contributed by atoms with Crippen molar-refractivity contribution in [3.63, 3.8) is 0 Å². The van der Waals surface area contributed by atoms with Crippen molar-refractivity contribution in [3.05, 3.63) is 80.4 Å². The number of nitrogens with one attached hydrogen (secondary N) is 1. The summed E-state index contributed by atoms with van der Waals surface area (Å²) in [5, 5.41) is 14.3. The van der Waals surface area contributed by atoms with Crippen LogP contribution in [-0.2, 0) is 18.3 Å². The van der Waals surface area contributed by atoms with Crippen molar-refractivity contribution in [2.45, 2.75) is 57.8 Å². The molecule has 0 bridgehead atoms. The summed E-state index contributed by atoms with van der Waals surface area (Å²) in [4.78, 5) is 32.5. The molecule has 3 aromatic heterocycles. The standard InChI is InChI=1S/C26H23F6N5O4/c1-12(41-17-10-35-36-23(38)19(17)26(30,31)32)6-15(27)11-37-5-4-13-7-16(20(28)21(29)18(13)24(37)39)22-33-8-14(9-34-22)25(2,3)40/h4-5,7-10,12,15,40H,6,11H2,1-3H3,(H,36,38)/t12-,15+/m1/s1. The molecule has 1 aromatic carbocycles. The zero-order valence-corrected chi connectivity index (χ0v) is 21.8. The number of fused-ring (bicyclic) bond motifs is 1. The Morgan fingerprint density at radius 2 is 1.76 bits per heavy atom. The maximum absolute atomic E-state index is 15.1. The fraction of sp³-hybridized carbons (Fsp3) is 0.346. The average Bonchev–Trinajstić information content (AvgIpc) is 2.86. The van der Waals surface area contributed by atoms with Crippen molar-refractivity contribution in [2.24, 2.45) is 0 Å². The molecule has 0 unspecified atom stereocenters. The van der Waals surface area contributed by atoms with Crippen LogP contribution in [0.15, 0.2) is 46.5 Å². The second-order valence-electron chi connectivity index (χ2n) is 9.84. The number of aromatic amines is 1. The topological polar surface area (TPSA) is 123 Å². The van der Waals surface area contributed by atoms with Crippen LogP contribution in [0.3, 0.4) is 0 Å². The molecular weight excluding hydrogens is 560 g/mol. The van der Waals surface area contributed by atoms with E-state index in [-0.39, 0.29) is 16.8 Å². The fourth-order valence-electron chi connectivity index (χ4n) is 4.12. The summed E-state index contributed by atoms with van der Waals surface area (Å²) >= 11 is 0. The highest BCUT2D eigenvalue weighted by molar-refractivity contribution is 5.86. The van der Waals surface area contributed by atoms with Crippen LogP contribution in [0.5, 0.6) is 5.75 Å². The van der Waals surface area contributed by atoms with Crippen LogP contribution in [0.25, 0.3) is 22.2 Å². The summed E-state index contributed by atoms with van der Waals surface area (Å²) in [5.74, 6) is -3.99. The summed E-state index contributed by atoms with van der Waals surface area (Å²) in [5.41, 5.74) is -5.47. The number of rotatable bonds is 8. The molecule has 218 valence electrons. The lowest BCUT2D eigenvalue weighted by atomic mass is 10.0. The van der Waals surface area contributed by atoms with Gasteiger partial charge in [-0.1, -0.05) is 0 Å². The molecular formula is C26H23F6N5O4. The molecule has 3 heterocycles. The minimum Gasteiger partial charge on any atom is -0.488 e. The Morgan fingerprint density at radius 3 is 2.37 bits per heavy atom. The third-order valence-corrected chi connectivity index (χ3v) is 6.16. The van der Waals surface area contributed by atoms with Crippen LogP contribution in [0.2, 0.25) is 0 Å². The summed E-state index contributed by atoms with van der Waals surface area (Å²) in [6.45, 7) is 3.60. The highest BCUT2D eigenvalue weighted by Gasteiger charge is 2.38. The predicted octanol–water partition coefficient (Wildman–Crippen LogP) is 4.26. The molecule has 0 amide bonds. The minimum absolute atomic E-state index is 0.0103. The molecule has 0 aliphatic carbocycles. The first-order valence-corrected chi connectivity index (χ1v) is 12.1. The number of nitrogens with zero attached hydrogens (tertiary/aromatic N) is 4. The Bertz CT molecular complexity index is 1700. The molecule has 0 saturated carbocycles. The van der Waals surface area contributed by atoms with Gasteiger partial charge in [0.25, 0.3) is 11.1 Å². The van der Waals surface area contributed by atoms with Gasteiger partial charge < -0.3 is 14.4 Å². The second kappa shape index (κ2) is 11.0. The largest absolute Gasteiger partial charge is 0.488 e. The van der Waals surface area contributed by atoms with Crippen LogP contribution in [0.4, 0.5) is 26.3 Å². The number of halogens is 6. The lowest BCUT2D eigenvalue weighted by Gasteiger charge is -2.19. The molecule has 9 nitrogen and oxygen atoms in total. The van der Waals surface area contributed by atoms with Crippen LogP contribution in [0, 0.1) is 11.6 Å². The summed E-state index contributed by atoms with van der Waals surface area (Å²) in [6.07, 6.45) is -4.31. The first kappa shape index (κ1) is 29.7. The monoisotopic (exact) mass is 583 g/mol. The van der Waals surface area contributed by atoms with Gasteiger partial charge in [-0.05, 0) is 38.3 Å². The molecule has 41 heavy (non-hydrogen) atoms. The number of aliphatic hydroxyl groups is 1. The van der Waals surface area contributed by atoms with E-state index >= 15 is 4.39 Å². The second-order valence-corrected chi connectivity index (χ2v) is 9.84. The maximum Gasteiger partial charge on any atom is 0.425 e. The molecule has 15 heteroatoms. The van der Waals surface area contributed by atoms with Gasteiger partial charge in [-0.25, -0.2) is 28.2 Å². The third-order valence-electron chi connectivity index (χ3n) is 6.16. The maximum atomic E-state index is 15.1. The zero-order chi connectivity index (χ0) is 30.3. The van der Waals surface area contributed by atoms with Gasteiger partial charge in [0.2, 0.25) is 0 Å². The molecule has 0 fully saturated rings. The fourth-order valence-corrected chi connectivity index (χ4v) is 4.12. The molecule has 4 aromatic rings. The lowest BCUT2D eigenvalue weighted by molar-refractivity contribution is -0.140. The summed E-state index contributed by atoms with van der Waals surface area (Å²) < 4.78 is 90.5. The minimum atomic E-state index is -5.05. The van der Waals surface area contributed by atoms with Crippen molar-refractivity contribution < 1.29 is 36.2 Å². The third kappa shape index (κ3) is 6.24. The van der Waals surface area contributed by atoms with Gasteiger partial charge in [0, 0.05) is 30.6 Å². The van der Waals surface area contributed by atoms with E-state index in [0.29, 0.717) is 11.8 Å². The highest BCUT2D eigenvalue weighted by Crippen LogP contribution is 2.33. The van der Waals surface area contributed by atoms with Gasteiger partial charge in [-0.2, -0.15) is 18.3 Å². The summed E-state index contributed by atoms with van der Waals surface area (Å²) in [6, 6.07) is 2.42. The van der Waals surface area contributed by atoms with Gasteiger partial charge >= 0.3 is 6.18 Å². The molecule has 2 atom stereocenters. The summed E-state index contributed by atoms with van der Waals surface area (Å²) in [7, 11) is 0. The molecule has 0 aliphatic rings. The van der Waals surface area contributed by atoms with Crippen molar-refractivity contribution in [1.29, 1.82) is 0 Å². The van der Waals surface area contributed by atoms with E-state index in [0.717, 1.165) is 16.8 Å². The van der Waals surface area contributed by atoms with E-state index in [1.807, 2.05) is 0 Å². The van der Waals surface area contributed by atoms with Crippen LogP contribution >= 0.6 is 0 Å². The van der Waals surface area contributed by atoms with Crippen LogP contribution < -0.4 is 15.9 Å². The van der Waals surface area contributed by atoms with E-state index in [1.165, 1.54) is 39.2 Å². The van der Waals surface area contributed by atoms with Crippen molar-refractivity contribution in [2.75, 3.05) is 0 Å². The van der Waals surface area contributed by atoms with E-state index in [4.69, 9.17) is 4.74 Å². The Balaban J connectivity index is 1.56. The van der Waals surface area contributed by atoms with Crippen molar-refractivity contribution in [3.8, 4) is 17.1 Å². The molecule has 2 N–H and O–H groups in total. The molecule has 0 saturated heterocycles. The number of H-pyrrole nitrogens is 1. The van der Waals surface area contributed by atoms with E-state index in [1.54, 1.807) is 5.10 Å². The molecule has 0 radical (unpaired) electrons. The molecule has 0 aliphatic heterocycles. The average molecular weight is 583 g/mol. The molecule has 4 rings (SSSR count). The molecule has 0 spiro atoms. The van der Waals surface area contributed by atoms with Crippen LogP contribution in [0.1, 0.15) is 38.3 Å². The van der Waals surface area contributed by atoms with E-state index < -0.39 is 76.5 Å². The van der Waals surface area contributed by atoms with Crippen molar-refractivity contribution in [1.82, 2.24) is 24.7 Å². The highest BCUT2D eigenvalue weighted by atomic mass is 19.4. The normalized spacial score (nSPS) is 13.8. The Morgan fingerprint density at radius 1 is 1.10 bits per heavy atom. The number of benzene rings is 1. The number of pyridine rings is 1. The number of hydrogen-bond acceptors (Lipinski definition) is 7. The number of alkyl halides is 4.